The number of esters is 1. The molecule has 0 aromatic heterocycles. The highest BCUT2D eigenvalue weighted by Gasteiger charge is 2.50. The van der Waals surface area contributed by atoms with Crippen molar-refractivity contribution in [2.45, 2.75) is 77.7 Å². The molecule has 0 N–H and O–H groups in total. The van der Waals surface area contributed by atoms with Gasteiger partial charge in [-0.3, -0.25) is 4.79 Å². The lowest BCUT2D eigenvalue weighted by Crippen LogP contribution is -2.66. The summed E-state index contributed by atoms with van der Waals surface area (Å²) in [5, 5.41) is 2.41. The summed E-state index contributed by atoms with van der Waals surface area (Å²) in [6.07, 6.45) is 2.52. The van der Waals surface area contributed by atoms with Gasteiger partial charge in [0.1, 0.15) is 6.10 Å². The second-order valence-electron chi connectivity index (χ2n) is 10.5. The molecule has 2 aromatic rings. The molecule has 4 nitrogen and oxygen atoms in total. The van der Waals surface area contributed by atoms with Crippen molar-refractivity contribution in [1.29, 1.82) is 0 Å². The first-order valence-electron chi connectivity index (χ1n) is 11.7. The Morgan fingerprint density at radius 3 is 1.91 bits per heavy atom. The summed E-state index contributed by atoms with van der Waals surface area (Å²) in [6, 6.07) is 21.2. The topological polar surface area (TPSA) is 48.1 Å². The van der Waals surface area contributed by atoms with Gasteiger partial charge in [-0.25, -0.2) is 0 Å². The summed E-state index contributed by atoms with van der Waals surface area (Å²) in [6.45, 7) is 14.8. The average molecular weight is 467 g/mol. The highest BCUT2D eigenvalue weighted by molar-refractivity contribution is 6.99. The summed E-state index contributed by atoms with van der Waals surface area (Å²) in [5.41, 5.74) is 0.846. The van der Waals surface area contributed by atoms with Crippen LogP contribution >= 0.6 is 0 Å². The smallest absolute Gasteiger partial charge is 0.303 e. The second-order valence-corrected chi connectivity index (χ2v) is 14.8. The maximum Gasteiger partial charge on any atom is 0.303 e. The van der Waals surface area contributed by atoms with Crippen LogP contribution in [-0.4, -0.2) is 38.7 Å². The van der Waals surface area contributed by atoms with Gasteiger partial charge < -0.3 is 13.9 Å². The number of epoxide rings is 1. The quantitative estimate of drug-likeness (QED) is 0.226. The highest BCUT2D eigenvalue weighted by Crippen LogP contribution is 2.40. The number of benzene rings is 2. The molecule has 5 heteroatoms. The van der Waals surface area contributed by atoms with Crippen LogP contribution in [0.2, 0.25) is 5.04 Å². The van der Waals surface area contributed by atoms with Crippen LogP contribution in [0.4, 0.5) is 0 Å². The zero-order chi connectivity index (χ0) is 24.3. The van der Waals surface area contributed by atoms with Crippen LogP contribution in [0.3, 0.4) is 0 Å². The van der Waals surface area contributed by atoms with Crippen molar-refractivity contribution in [1.82, 2.24) is 0 Å². The Morgan fingerprint density at radius 2 is 1.52 bits per heavy atom. The predicted octanol–water partition coefficient (Wildman–Crippen LogP) is 5.01. The maximum atomic E-state index is 11.7. The van der Waals surface area contributed by atoms with Crippen LogP contribution in [0.5, 0.6) is 0 Å². The average Bonchev–Trinajstić information content (AvgIpc) is 3.36. The largest absolute Gasteiger partial charge is 0.458 e. The van der Waals surface area contributed by atoms with E-state index in [1.54, 1.807) is 0 Å². The van der Waals surface area contributed by atoms with E-state index in [0.29, 0.717) is 13.0 Å². The highest BCUT2D eigenvalue weighted by atomic mass is 28.4. The van der Waals surface area contributed by atoms with E-state index in [0.717, 1.165) is 5.57 Å². The third-order valence-electron chi connectivity index (χ3n) is 6.53. The number of rotatable bonds is 9. The Bertz CT molecular complexity index is 921. The minimum atomic E-state index is -2.60. The van der Waals surface area contributed by atoms with E-state index < -0.39 is 8.32 Å². The lowest BCUT2D eigenvalue weighted by atomic mass is 10.0. The van der Waals surface area contributed by atoms with Gasteiger partial charge in [-0.05, 0) is 41.8 Å². The lowest BCUT2D eigenvalue weighted by Gasteiger charge is -2.42. The van der Waals surface area contributed by atoms with Crippen LogP contribution in [0.15, 0.2) is 72.3 Å². The molecule has 0 aliphatic carbocycles. The van der Waals surface area contributed by atoms with Gasteiger partial charge in [0.2, 0.25) is 0 Å². The fourth-order valence-corrected chi connectivity index (χ4v) is 9.07. The third kappa shape index (κ3) is 5.83. The number of hydrogen-bond acceptors (Lipinski definition) is 4. The van der Waals surface area contributed by atoms with E-state index in [4.69, 9.17) is 13.9 Å². The zero-order valence-corrected chi connectivity index (χ0v) is 22.1. The molecule has 1 unspecified atom stereocenters. The molecule has 0 amide bonds. The van der Waals surface area contributed by atoms with Crippen molar-refractivity contribution in [3.05, 3.63) is 72.3 Å². The van der Waals surface area contributed by atoms with Gasteiger partial charge in [0.15, 0.2) is 0 Å². The zero-order valence-electron chi connectivity index (χ0n) is 21.1. The van der Waals surface area contributed by atoms with Crippen LogP contribution in [0.1, 0.15) is 54.9 Å². The molecule has 2 aromatic carbocycles. The Hall–Kier alpha value is -2.21. The molecule has 1 heterocycles. The van der Waals surface area contributed by atoms with Gasteiger partial charge in [-0.1, -0.05) is 87.5 Å². The Morgan fingerprint density at radius 1 is 1.03 bits per heavy atom. The summed E-state index contributed by atoms with van der Waals surface area (Å²) in [7, 11) is -2.60. The van der Waals surface area contributed by atoms with Crippen molar-refractivity contribution >= 4 is 24.7 Å². The molecule has 178 valence electrons. The first-order valence-corrected chi connectivity index (χ1v) is 13.6. The SMILES string of the molecule is CC(=O)O[C@@H](CC1OC1(C)C)/C(C)=C/CO[Si](c1ccccc1)(c1ccccc1)C(C)(C)C. The maximum absolute atomic E-state index is 11.7. The van der Waals surface area contributed by atoms with Gasteiger partial charge in [0, 0.05) is 13.3 Å². The molecule has 0 bridgehead atoms. The number of hydrogen-bond donors (Lipinski definition) is 0. The van der Waals surface area contributed by atoms with Crippen molar-refractivity contribution in [2.75, 3.05) is 6.61 Å². The van der Waals surface area contributed by atoms with Crippen LogP contribution in [0.25, 0.3) is 0 Å². The van der Waals surface area contributed by atoms with Crippen molar-refractivity contribution in [3.63, 3.8) is 0 Å². The molecule has 1 aliphatic heterocycles. The first kappa shape index (κ1) is 25.4. The van der Waals surface area contributed by atoms with Gasteiger partial charge >= 0.3 is 5.97 Å². The monoisotopic (exact) mass is 466 g/mol. The molecule has 2 atom stereocenters. The van der Waals surface area contributed by atoms with Crippen LogP contribution in [0, 0.1) is 0 Å². The predicted molar refractivity (Wildman–Crippen MR) is 136 cm³/mol. The van der Waals surface area contributed by atoms with E-state index in [-0.39, 0.29) is 28.8 Å². The summed E-state index contributed by atoms with van der Waals surface area (Å²) >= 11 is 0. The van der Waals surface area contributed by atoms with E-state index >= 15 is 0 Å². The van der Waals surface area contributed by atoms with Crippen LogP contribution in [-0.2, 0) is 18.7 Å². The normalized spacial score (nSPS) is 19.1. The molecule has 1 fully saturated rings. The molecule has 1 aliphatic rings. The molecule has 1 saturated heterocycles. The molecule has 0 radical (unpaired) electrons. The molecule has 33 heavy (non-hydrogen) atoms. The standard InChI is InChI=1S/C28H38O4Si/c1-21(25(31-22(2)29)20-26-28(6,7)32-26)18-19-30-33(27(3,4)5,23-14-10-8-11-15-23)24-16-12-9-13-17-24/h8-18,25-26H,19-20H2,1-7H3/b21-18+/t25-,26?/m0/s1. The second kappa shape index (κ2) is 9.96. The van der Waals surface area contributed by atoms with Crippen molar-refractivity contribution in [2.24, 2.45) is 0 Å². The van der Waals surface area contributed by atoms with Gasteiger partial charge in [-0.15, -0.1) is 0 Å². The van der Waals surface area contributed by atoms with Gasteiger partial charge in [0.05, 0.1) is 18.3 Å². The molecule has 0 saturated carbocycles. The molecule has 0 spiro atoms. The number of carbonyl (C=O) groups is 1. The molecular formula is C28H38O4Si. The number of ether oxygens (including phenoxy) is 2. The summed E-state index contributed by atoms with van der Waals surface area (Å²) in [4.78, 5) is 11.7. The Kier molecular flexibility index (Phi) is 7.67. The van der Waals surface area contributed by atoms with E-state index in [1.165, 1.54) is 17.3 Å². The first-order chi connectivity index (χ1) is 15.5. The Labute approximate surface area is 200 Å². The fourth-order valence-electron chi connectivity index (χ4n) is 4.58. The summed E-state index contributed by atoms with van der Waals surface area (Å²) < 4.78 is 18.3. The number of carbonyl (C=O) groups excluding carboxylic acids is 1. The van der Waals surface area contributed by atoms with E-state index in [1.807, 2.05) is 19.1 Å². The van der Waals surface area contributed by atoms with Crippen LogP contribution < -0.4 is 10.4 Å². The minimum Gasteiger partial charge on any atom is -0.458 e. The lowest BCUT2D eigenvalue weighted by molar-refractivity contribution is -0.145. The minimum absolute atomic E-state index is 0.0847. The van der Waals surface area contributed by atoms with Crippen molar-refractivity contribution < 1.29 is 18.7 Å². The van der Waals surface area contributed by atoms with E-state index in [9.17, 15) is 4.79 Å². The van der Waals surface area contributed by atoms with Crippen molar-refractivity contribution in [3.8, 4) is 0 Å². The molecule has 3 rings (SSSR count). The fraction of sp³-hybridized carbons (Fsp3) is 0.464. The Balaban J connectivity index is 1.90. The van der Waals surface area contributed by atoms with Gasteiger partial charge in [-0.2, -0.15) is 0 Å². The molecular weight excluding hydrogens is 428 g/mol. The third-order valence-corrected chi connectivity index (χ3v) is 11.5. The van der Waals surface area contributed by atoms with E-state index in [2.05, 4.69) is 89.2 Å². The van der Waals surface area contributed by atoms with Gasteiger partial charge in [0.25, 0.3) is 8.32 Å². The summed E-state index contributed by atoms with van der Waals surface area (Å²) in [5.74, 6) is -0.279.